The predicted molar refractivity (Wildman–Crippen MR) is 79.7 cm³/mol. The molecule has 0 spiro atoms. The fourth-order valence-electron chi connectivity index (χ4n) is 2.41. The van der Waals surface area contributed by atoms with Gasteiger partial charge in [0.05, 0.1) is 6.42 Å². The summed E-state index contributed by atoms with van der Waals surface area (Å²) in [4.78, 5) is 25.2. The minimum atomic E-state index is 0.126. The molecule has 2 rings (SSSR count). The third-order valence-electron chi connectivity index (χ3n) is 3.85. The molecule has 0 saturated carbocycles. The fraction of sp³-hybridized carbons (Fsp3) is 0.529. The largest absolute Gasteiger partial charge is 0.342 e. The first-order valence-electron chi connectivity index (χ1n) is 7.25. The molecule has 1 aromatic carbocycles. The number of nitrogens with zero attached hydrogens (tertiary/aromatic N) is 1. The van der Waals surface area contributed by atoms with Gasteiger partial charge in [0.1, 0.15) is 5.78 Å². The van der Waals surface area contributed by atoms with E-state index in [4.69, 9.17) is 0 Å². The average molecular weight is 273 g/mol. The van der Waals surface area contributed by atoms with Crippen LogP contribution in [0.15, 0.2) is 24.3 Å². The van der Waals surface area contributed by atoms with E-state index in [1.54, 1.807) is 4.90 Å². The van der Waals surface area contributed by atoms with Crippen molar-refractivity contribution in [3.63, 3.8) is 0 Å². The summed E-state index contributed by atoms with van der Waals surface area (Å²) in [5.41, 5.74) is 2.45. The highest BCUT2D eigenvalue weighted by Crippen LogP contribution is 2.22. The summed E-state index contributed by atoms with van der Waals surface area (Å²) in [6.45, 7) is 7.70. The van der Waals surface area contributed by atoms with Crippen LogP contribution in [0.3, 0.4) is 0 Å². The highest BCUT2D eigenvalue weighted by Gasteiger charge is 2.21. The fourth-order valence-corrected chi connectivity index (χ4v) is 2.41. The van der Waals surface area contributed by atoms with Crippen LogP contribution in [0.5, 0.6) is 0 Å². The lowest BCUT2D eigenvalue weighted by molar-refractivity contribution is -0.133. The minimum absolute atomic E-state index is 0.126. The monoisotopic (exact) mass is 273 g/mol. The van der Waals surface area contributed by atoms with Gasteiger partial charge in [-0.1, -0.05) is 45.0 Å². The first kappa shape index (κ1) is 14.8. The van der Waals surface area contributed by atoms with E-state index in [-0.39, 0.29) is 17.1 Å². The summed E-state index contributed by atoms with van der Waals surface area (Å²) in [6.07, 6.45) is 1.45. The van der Waals surface area contributed by atoms with Gasteiger partial charge in [-0.15, -0.1) is 0 Å². The molecule has 1 heterocycles. The molecule has 108 valence electrons. The van der Waals surface area contributed by atoms with Gasteiger partial charge in [-0.3, -0.25) is 9.59 Å². The lowest BCUT2D eigenvalue weighted by Crippen LogP contribution is -2.39. The maximum absolute atomic E-state index is 12.2. The maximum Gasteiger partial charge on any atom is 0.227 e. The number of hydrogen-bond acceptors (Lipinski definition) is 2. The zero-order chi connectivity index (χ0) is 14.8. The molecule has 1 aromatic rings. The summed E-state index contributed by atoms with van der Waals surface area (Å²) in [6, 6.07) is 8.27. The summed E-state index contributed by atoms with van der Waals surface area (Å²) in [7, 11) is 0. The zero-order valence-electron chi connectivity index (χ0n) is 12.6. The van der Waals surface area contributed by atoms with Gasteiger partial charge >= 0.3 is 0 Å². The van der Waals surface area contributed by atoms with Crippen molar-refractivity contribution in [2.45, 2.75) is 45.4 Å². The van der Waals surface area contributed by atoms with Gasteiger partial charge in [-0.2, -0.15) is 0 Å². The highest BCUT2D eigenvalue weighted by molar-refractivity contribution is 5.84. The summed E-state index contributed by atoms with van der Waals surface area (Å²) in [5.74, 6) is 0.393. The number of Topliss-reactive ketones (excluding diaryl/α,β-unsaturated/α-hetero) is 1. The van der Waals surface area contributed by atoms with Gasteiger partial charge in [0, 0.05) is 25.9 Å². The van der Waals surface area contributed by atoms with Crippen molar-refractivity contribution in [1.29, 1.82) is 0 Å². The lowest BCUT2D eigenvalue weighted by atomic mass is 9.86. The number of hydrogen-bond donors (Lipinski definition) is 0. The van der Waals surface area contributed by atoms with Gasteiger partial charge in [0.2, 0.25) is 5.91 Å². The molecule has 3 nitrogen and oxygen atoms in total. The second-order valence-corrected chi connectivity index (χ2v) is 6.54. The summed E-state index contributed by atoms with van der Waals surface area (Å²) >= 11 is 0. The number of benzene rings is 1. The number of rotatable bonds is 2. The molecule has 0 bridgehead atoms. The Bertz CT molecular complexity index is 487. The van der Waals surface area contributed by atoms with Crippen LogP contribution in [-0.2, 0) is 21.4 Å². The molecule has 20 heavy (non-hydrogen) atoms. The molecule has 0 atom stereocenters. The second kappa shape index (κ2) is 5.78. The molecular formula is C17H23NO2. The Morgan fingerprint density at radius 3 is 2.15 bits per heavy atom. The lowest BCUT2D eigenvalue weighted by Gasteiger charge is -2.26. The molecule has 1 aliphatic rings. The number of amides is 1. The van der Waals surface area contributed by atoms with Crippen molar-refractivity contribution in [3.8, 4) is 0 Å². The quantitative estimate of drug-likeness (QED) is 0.831. The van der Waals surface area contributed by atoms with Crippen LogP contribution in [0.1, 0.15) is 44.7 Å². The average Bonchev–Trinajstić information content (AvgIpc) is 2.39. The summed E-state index contributed by atoms with van der Waals surface area (Å²) in [5, 5.41) is 0. The Morgan fingerprint density at radius 1 is 1.10 bits per heavy atom. The van der Waals surface area contributed by atoms with Gasteiger partial charge in [-0.25, -0.2) is 0 Å². The molecule has 1 aliphatic heterocycles. The number of ketones is 1. The Hall–Kier alpha value is -1.64. The van der Waals surface area contributed by atoms with Crippen LogP contribution < -0.4 is 0 Å². The van der Waals surface area contributed by atoms with E-state index in [1.165, 1.54) is 5.56 Å². The highest BCUT2D eigenvalue weighted by atomic mass is 16.2. The van der Waals surface area contributed by atoms with Crippen LogP contribution in [-0.4, -0.2) is 29.7 Å². The predicted octanol–water partition coefficient (Wildman–Crippen LogP) is 2.72. The molecule has 0 N–H and O–H groups in total. The van der Waals surface area contributed by atoms with Crippen molar-refractivity contribution in [1.82, 2.24) is 4.90 Å². The first-order valence-corrected chi connectivity index (χ1v) is 7.25. The van der Waals surface area contributed by atoms with Gasteiger partial charge in [0.25, 0.3) is 0 Å². The Morgan fingerprint density at radius 2 is 1.65 bits per heavy atom. The Balaban J connectivity index is 1.96. The number of carbonyl (C=O) groups excluding carboxylic acids is 2. The van der Waals surface area contributed by atoms with E-state index >= 15 is 0 Å². The molecule has 0 aliphatic carbocycles. The standard InChI is InChI=1S/C17H23NO2/c1-17(2,3)14-6-4-13(5-7-14)12-16(20)18-10-8-15(19)9-11-18/h4-7H,8-12H2,1-3H3. The first-order chi connectivity index (χ1) is 9.36. The normalized spacial score (nSPS) is 16.4. The van der Waals surface area contributed by atoms with E-state index in [2.05, 4.69) is 32.9 Å². The number of carbonyl (C=O) groups is 2. The van der Waals surface area contributed by atoms with Crippen LogP contribution in [0.4, 0.5) is 0 Å². The van der Waals surface area contributed by atoms with Crippen LogP contribution in [0.2, 0.25) is 0 Å². The van der Waals surface area contributed by atoms with Crippen LogP contribution >= 0.6 is 0 Å². The second-order valence-electron chi connectivity index (χ2n) is 6.54. The smallest absolute Gasteiger partial charge is 0.227 e. The van der Waals surface area contributed by atoms with E-state index in [9.17, 15) is 9.59 Å². The molecule has 1 amide bonds. The van der Waals surface area contributed by atoms with Crippen molar-refractivity contribution in [2.75, 3.05) is 13.1 Å². The van der Waals surface area contributed by atoms with Gasteiger partial charge in [-0.05, 0) is 16.5 Å². The Kier molecular flexibility index (Phi) is 4.26. The van der Waals surface area contributed by atoms with Crippen LogP contribution in [0.25, 0.3) is 0 Å². The van der Waals surface area contributed by atoms with Crippen LogP contribution in [0, 0.1) is 0 Å². The van der Waals surface area contributed by atoms with Crippen molar-refractivity contribution in [3.05, 3.63) is 35.4 Å². The molecule has 3 heteroatoms. The molecule has 0 radical (unpaired) electrons. The number of piperidine rings is 1. The van der Waals surface area contributed by atoms with E-state index < -0.39 is 0 Å². The van der Waals surface area contributed by atoms with E-state index in [0.29, 0.717) is 32.4 Å². The Labute approximate surface area is 121 Å². The maximum atomic E-state index is 12.2. The van der Waals surface area contributed by atoms with Gasteiger partial charge < -0.3 is 4.90 Å². The SMILES string of the molecule is CC(C)(C)c1ccc(CC(=O)N2CCC(=O)CC2)cc1. The third kappa shape index (κ3) is 3.69. The third-order valence-corrected chi connectivity index (χ3v) is 3.85. The molecule has 0 aromatic heterocycles. The van der Waals surface area contributed by atoms with Crippen molar-refractivity contribution in [2.24, 2.45) is 0 Å². The summed E-state index contributed by atoms with van der Waals surface area (Å²) < 4.78 is 0. The van der Waals surface area contributed by atoms with Crippen molar-refractivity contribution < 1.29 is 9.59 Å². The molecule has 1 fully saturated rings. The van der Waals surface area contributed by atoms with E-state index in [0.717, 1.165) is 5.56 Å². The topological polar surface area (TPSA) is 37.4 Å². The number of likely N-dealkylation sites (tertiary alicyclic amines) is 1. The molecule has 0 unspecified atom stereocenters. The minimum Gasteiger partial charge on any atom is -0.342 e. The molecular weight excluding hydrogens is 250 g/mol. The molecule has 1 saturated heterocycles. The van der Waals surface area contributed by atoms with Gasteiger partial charge in [0.15, 0.2) is 0 Å². The van der Waals surface area contributed by atoms with Crippen molar-refractivity contribution >= 4 is 11.7 Å². The zero-order valence-corrected chi connectivity index (χ0v) is 12.6. The van der Waals surface area contributed by atoms with E-state index in [1.807, 2.05) is 12.1 Å².